The third-order valence-corrected chi connectivity index (χ3v) is 2.30. The first-order valence-corrected chi connectivity index (χ1v) is 3.99. The Morgan fingerprint density at radius 1 is 1.08 bits per heavy atom. The zero-order chi connectivity index (χ0) is 9.30. The van der Waals surface area contributed by atoms with Crippen molar-refractivity contribution in [2.24, 2.45) is 0 Å². The number of nitrogens with one attached hydrogen (secondary N) is 1. The third-order valence-electron chi connectivity index (χ3n) is 2.30. The van der Waals surface area contributed by atoms with Gasteiger partial charge in [-0.15, -0.1) is 0 Å². The fourth-order valence-electron chi connectivity index (χ4n) is 1.43. The Bertz CT molecular complexity index is 150. The molecule has 1 unspecified atom stereocenters. The van der Waals surface area contributed by atoms with Gasteiger partial charge in [-0.05, 0) is 6.92 Å². The first kappa shape index (κ1) is 9.88. The number of aliphatic hydroxyl groups is 4. The Morgan fingerprint density at radius 3 is 2.17 bits per heavy atom. The van der Waals surface area contributed by atoms with Crippen molar-refractivity contribution in [1.29, 1.82) is 0 Å². The molecular formula is C7H15NO4. The van der Waals surface area contributed by atoms with Crippen LogP contribution in [-0.2, 0) is 0 Å². The van der Waals surface area contributed by atoms with E-state index in [-0.39, 0.29) is 12.6 Å². The van der Waals surface area contributed by atoms with Gasteiger partial charge in [0.05, 0.1) is 24.9 Å². The van der Waals surface area contributed by atoms with Gasteiger partial charge in [0.25, 0.3) is 0 Å². The van der Waals surface area contributed by atoms with E-state index in [0.29, 0.717) is 0 Å². The molecule has 0 amide bonds. The van der Waals surface area contributed by atoms with Gasteiger partial charge >= 0.3 is 0 Å². The van der Waals surface area contributed by atoms with Crippen LogP contribution in [0.2, 0.25) is 0 Å². The summed E-state index contributed by atoms with van der Waals surface area (Å²) >= 11 is 0. The molecular weight excluding hydrogens is 162 g/mol. The fraction of sp³-hybridized carbons (Fsp3) is 1.00. The maximum absolute atomic E-state index is 9.29. The minimum absolute atomic E-state index is 0.255. The van der Waals surface area contributed by atoms with Crippen LogP contribution in [0.5, 0.6) is 0 Å². The van der Waals surface area contributed by atoms with Crippen LogP contribution in [0.1, 0.15) is 6.92 Å². The Balaban J connectivity index is 2.63. The molecule has 12 heavy (non-hydrogen) atoms. The number of rotatable bonds is 1. The van der Waals surface area contributed by atoms with Gasteiger partial charge < -0.3 is 25.7 Å². The predicted octanol–water partition coefficient (Wildman–Crippen LogP) is -2.58. The molecule has 0 spiro atoms. The lowest BCUT2D eigenvalue weighted by molar-refractivity contribution is -0.116. The molecule has 1 aliphatic rings. The summed E-state index contributed by atoms with van der Waals surface area (Å²) in [6.07, 6.45) is -3.28. The number of aliphatic hydroxyl groups excluding tert-OH is 4. The van der Waals surface area contributed by atoms with Crippen molar-refractivity contribution in [2.45, 2.75) is 37.3 Å². The summed E-state index contributed by atoms with van der Waals surface area (Å²) in [5.41, 5.74) is 0. The van der Waals surface area contributed by atoms with E-state index in [2.05, 4.69) is 5.32 Å². The highest BCUT2D eigenvalue weighted by Crippen LogP contribution is 2.14. The van der Waals surface area contributed by atoms with Gasteiger partial charge in [0.2, 0.25) is 0 Å². The van der Waals surface area contributed by atoms with Crippen LogP contribution < -0.4 is 5.32 Å². The Kier molecular flexibility index (Phi) is 3.03. The zero-order valence-corrected chi connectivity index (χ0v) is 6.88. The first-order chi connectivity index (χ1) is 5.57. The number of hydrogen-bond acceptors (Lipinski definition) is 5. The molecule has 0 aromatic heterocycles. The maximum atomic E-state index is 9.29. The van der Waals surface area contributed by atoms with Crippen LogP contribution in [0.4, 0.5) is 0 Å². The molecule has 1 fully saturated rings. The van der Waals surface area contributed by atoms with Gasteiger partial charge in [0, 0.05) is 6.04 Å². The van der Waals surface area contributed by atoms with Gasteiger partial charge in [0.1, 0.15) is 6.10 Å². The summed E-state index contributed by atoms with van der Waals surface area (Å²) in [6, 6.07) is -0.876. The lowest BCUT2D eigenvalue weighted by atomic mass is 9.91. The van der Waals surface area contributed by atoms with Crippen molar-refractivity contribution in [3.05, 3.63) is 0 Å². The lowest BCUT2D eigenvalue weighted by Crippen LogP contribution is -2.64. The quantitative estimate of drug-likeness (QED) is 0.303. The lowest BCUT2D eigenvalue weighted by Gasteiger charge is -2.39. The van der Waals surface area contributed by atoms with Crippen LogP contribution in [0.25, 0.3) is 0 Å². The summed E-state index contributed by atoms with van der Waals surface area (Å²) in [5, 5.41) is 39.4. The normalized spacial score (nSPS) is 49.2. The molecule has 5 nitrogen and oxygen atoms in total. The van der Waals surface area contributed by atoms with E-state index < -0.39 is 24.4 Å². The fourth-order valence-corrected chi connectivity index (χ4v) is 1.43. The van der Waals surface area contributed by atoms with Crippen molar-refractivity contribution >= 4 is 0 Å². The second-order valence-electron chi connectivity index (χ2n) is 3.22. The number of hydrogen-bond donors (Lipinski definition) is 5. The summed E-state index contributed by atoms with van der Waals surface area (Å²) in [7, 11) is 0. The molecule has 5 N–H and O–H groups in total. The van der Waals surface area contributed by atoms with E-state index in [4.69, 9.17) is 5.11 Å². The number of piperidine rings is 1. The van der Waals surface area contributed by atoms with Gasteiger partial charge in [-0.1, -0.05) is 0 Å². The topological polar surface area (TPSA) is 93.0 Å². The Hall–Kier alpha value is -0.200. The molecule has 0 bridgehead atoms. The SMILES string of the molecule is CC1N[C@H](CO)[C@H](O)[C@H](O)[C@H]1O. The summed E-state index contributed by atoms with van der Waals surface area (Å²) in [6.45, 7) is 1.43. The van der Waals surface area contributed by atoms with Crippen molar-refractivity contribution in [2.75, 3.05) is 6.61 Å². The average Bonchev–Trinajstić information content (AvgIpc) is 2.08. The molecule has 1 saturated heterocycles. The van der Waals surface area contributed by atoms with Crippen LogP contribution in [0, 0.1) is 0 Å². The van der Waals surface area contributed by atoms with Crippen molar-refractivity contribution in [3.8, 4) is 0 Å². The van der Waals surface area contributed by atoms with Gasteiger partial charge in [-0.25, -0.2) is 0 Å². The van der Waals surface area contributed by atoms with E-state index in [0.717, 1.165) is 0 Å². The van der Waals surface area contributed by atoms with E-state index in [1.807, 2.05) is 0 Å². The molecule has 1 heterocycles. The van der Waals surface area contributed by atoms with E-state index in [1.165, 1.54) is 0 Å². The smallest absolute Gasteiger partial charge is 0.109 e. The maximum Gasteiger partial charge on any atom is 0.109 e. The monoisotopic (exact) mass is 177 g/mol. The molecule has 1 aliphatic heterocycles. The Morgan fingerprint density at radius 2 is 1.67 bits per heavy atom. The Labute approximate surface area is 70.6 Å². The second kappa shape index (κ2) is 3.68. The largest absolute Gasteiger partial charge is 0.395 e. The van der Waals surface area contributed by atoms with Crippen LogP contribution in [0.3, 0.4) is 0 Å². The first-order valence-electron chi connectivity index (χ1n) is 3.99. The van der Waals surface area contributed by atoms with Gasteiger partial charge in [-0.3, -0.25) is 0 Å². The van der Waals surface area contributed by atoms with Crippen LogP contribution in [0.15, 0.2) is 0 Å². The highest BCUT2D eigenvalue weighted by molar-refractivity contribution is 4.96. The minimum atomic E-state index is -1.18. The van der Waals surface area contributed by atoms with Crippen molar-refractivity contribution in [1.82, 2.24) is 5.32 Å². The van der Waals surface area contributed by atoms with E-state index in [1.54, 1.807) is 6.92 Å². The van der Waals surface area contributed by atoms with Crippen LogP contribution in [-0.4, -0.2) is 57.4 Å². The van der Waals surface area contributed by atoms with Crippen molar-refractivity contribution in [3.63, 3.8) is 0 Å². The standard InChI is InChI=1S/C7H15NO4/c1-3-5(10)7(12)6(11)4(2-9)8-3/h3-12H,2H2,1H3/t3?,4-,5+,6+,7-/m1/s1. The minimum Gasteiger partial charge on any atom is -0.395 e. The molecule has 0 saturated carbocycles. The summed E-state index contributed by atoms with van der Waals surface area (Å²) in [5.74, 6) is 0. The van der Waals surface area contributed by atoms with Gasteiger partial charge in [0.15, 0.2) is 0 Å². The van der Waals surface area contributed by atoms with E-state index in [9.17, 15) is 15.3 Å². The van der Waals surface area contributed by atoms with Crippen molar-refractivity contribution < 1.29 is 20.4 Å². The molecule has 0 radical (unpaired) electrons. The molecule has 1 rings (SSSR count). The second-order valence-corrected chi connectivity index (χ2v) is 3.22. The molecule has 0 aromatic carbocycles. The highest BCUT2D eigenvalue weighted by atomic mass is 16.4. The van der Waals surface area contributed by atoms with Gasteiger partial charge in [-0.2, -0.15) is 0 Å². The third kappa shape index (κ3) is 1.60. The zero-order valence-electron chi connectivity index (χ0n) is 6.88. The summed E-state index contributed by atoms with van der Waals surface area (Å²) in [4.78, 5) is 0. The van der Waals surface area contributed by atoms with E-state index >= 15 is 0 Å². The molecule has 5 atom stereocenters. The highest BCUT2D eigenvalue weighted by Gasteiger charge is 2.39. The molecule has 0 aliphatic carbocycles. The average molecular weight is 177 g/mol. The molecule has 5 heteroatoms. The molecule has 72 valence electrons. The van der Waals surface area contributed by atoms with Crippen LogP contribution >= 0.6 is 0 Å². The predicted molar refractivity (Wildman–Crippen MR) is 41.5 cm³/mol. The summed E-state index contributed by atoms with van der Waals surface area (Å²) < 4.78 is 0. The molecule has 0 aromatic rings.